The number of para-hydroxylation sites is 1. The first-order valence-corrected chi connectivity index (χ1v) is 17.5. The maximum Gasteiger partial charge on any atom is 0.227 e. The number of benzene rings is 8. The average molecular weight is 659 g/mol. The lowest BCUT2D eigenvalue weighted by molar-refractivity contribution is 0.623. The van der Waals surface area contributed by atoms with Crippen LogP contribution in [0.4, 0.5) is 17.1 Å². The molecule has 4 nitrogen and oxygen atoms in total. The molecular formula is C45H26N2O2S. The fourth-order valence-corrected chi connectivity index (χ4v) is 8.52. The third-order valence-corrected chi connectivity index (χ3v) is 11.0. The molecule has 0 N–H and O–H groups in total. The van der Waals surface area contributed by atoms with Crippen LogP contribution >= 0.6 is 11.3 Å². The van der Waals surface area contributed by atoms with Crippen molar-refractivity contribution in [3.63, 3.8) is 0 Å². The summed E-state index contributed by atoms with van der Waals surface area (Å²) in [5, 5.41) is 9.19. The zero-order valence-electron chi connectivity index (χ0n) is 26.6. The highest BCUT2D eigenvalue weighted by molar-refractivity contribution is 7.25. The minimum absolute atomic E-state index is 0.616. The van der Waals surface area contributed by atoms with Gasteiger partial charge in [-0.05, 0) is 89.0 Å². The Morgan fingerprint density at radius 1 is 0.440 bits per heavy atom. The molecule has 3 heterocycles. The largest absolute Gasteiger partial charge is 0.456 e. The molecule has 11 aromatic rings. The molecule has 0 saturated carbocycles. The minimum Gasteiger partial charge on any atom is -0.456 e. The summed E-state index contributed by atoms with van der Waals surface area (Å²) >= 11 is 1.83. The number of hydrogen-bond donors (Lipinski definition) is 0. The number of hydrogen-bond acceptors (Lipinski definition) is 5. The van der Waals surface area contributed by atoms with Gasteiger partial charge in [-0.15, -0.1) is 11.3 Å². The first-order chi connectivity index (χ1) is 24.7. The monoisotopic (exact) mass is 658 g/mol. The number of thiophene rings is 1. The number of fused-ring (bicyclic) bond motifs is 10. The molecule has 0 saturated heterocycles. The highest BCUT2D eigenvalue weighted by atomic mass is 32.1. The number of oxazole rings is 1. The van der Waals surface area contributed by atoms with Crippen LogP contribution in [0.3, 0.4) is 0 Å². The molecule has 0 atom stereocenters. The van der Waals surface area contributed by atoms with E-state index in [4.69, 9.17) is 13.8 Å². The summed E-state index contributed by atoms with van der Waals surface area (Å²) in [5.74, 6) is 0.616. The van der Waals surface area contributed by atoms with E-state index in [9.17, 15) is 0 Å². The summed E-state index contributed by atoms with van der Waals surface area (Å²) in [6.45, 7) is 0. The predicted molar refractivity (Wildman–Crippen MR) is 209 cm³/mol. The van der Waals surface area contributed by atoms with Crippen LogP contribution in [0.15, 0.2) is 167 Å². The highest BCUT2D eigenvalue weighted by Gasteiger charge is 2.19. The zero-order chi connectivity index (χ0) is 32.8. The molecule has 11 rings (SSSR count). The smallest absolute Gasteiger partial charge is 0.227 e. The molecule has 50 heavy (non-hydrogen) atoms. The van der Waals surface area contributed by atoms with E-state index in [-0.39, 0.29) is 0 Å². The van der Waals surface area contributed by atoms with E-state index in [1.807, 2.05) is 29.5 Å². The van der Waals surface area contributed by atoms with E-state index in [2.05, 4.69) is 144 Å². The first kappa shape index (κ1) is 27.5. The minimum atomic E-state index is 0.616. The Morgan fingerprint density at radius 3 is 2.06 bits per heavy atom. The lowest BCUT2D eigenvalue weighted by atomic mass is 10.1. The molecule has 0 radical (unpaired) electrons. The van der Waals surface area contributed by atoms with Gasteiger partial charge in [0.05, 0.1) is 0 Å². The number of aromatic nitrogens is 1. The van der Waals surface area contributed by atoms with Crippen LogP contribution in [-0.2, 0) is 0 Å². The Kier molecular flexibility index (Phi) is 5.80. The van der Waals surface area contributed by atoms with E-state index in [0.29, 0.717) is 5.89 Å². The van der Waals surface area contributed by atoms with E-state index in [1.54, 1.807) is 0 Å². The van der Waals surface area contributed by atoms with Gasteiger partial charge in [0, 0.05) is 65.0 Å². The van der Waals surface area contributed by atoms with Gasteiger partial charge >= 0.3 is 0 Å². The van der Waals surface area contributed by atoms with Gasteiger partial charge in [-0.2, -0.15) is 0 Å². The van der Waals surface area contributed by atoms with E-state index in [1.165, 1.54) is 25.6 Å². The van der Waals surface area contributed by atoms with Crippen molar-refractivity contribution >= 4 is 103 Å². The topological polar surface area (TPSA) is 42.4 Å². The Labute approximate surface area is 290 Å². The van der Waals surface area contributed by atoms with Crippen LogP contribution in [0.2, 0.25) is 0 Å². The van der Waals surface area contributed by atoms with E-state index >= 15 is 0 Å². The van der Waals surface area contributed by atoms with Crippen molar-refractivity contribution in [1.82, 2.24) is 4.98 Å². The molecule has 5 heteroatoms. The number of rotatable bonds is 4. The normalized spacial score (nSPS) is 12.0. The molecule has 0 fully saturated rings. The number of nitrogens with zero attached hydrogens (tertiary/aromatic N) is 2. The lowest BCUT2D eigenvalue weighted by Crippen LogP contribution is -2.09. The Bertz CT molecular complexity index is 3130. The van der Waals surface area contributed by atoms with Gasteiger partial charge in [0.1, 0.15) is 16.7 Å². The van der Waals surface area contributed by atoms with Crippen molar-refractivity contribution in [2.24, 2.45) is 0 Å². The van der Waals surface area contributed by atoms with Gasteiger partial charge in [0.15, 0.2) is 5.58 Å². The van der Waals surface area contributed by atoms with E-state index in [0.717, 1.165) is 71.8 Å². The standard InChI is InChI=1S/C45H26N2O2S/c1-2-8-29-23-30(14-13-27(29)7-1)45-46-39-21-16-28-15-17-31(24-37(28)44(39)49-45)47(32-19-22-43-38(25-32)36-10-4-6-12-42(36)50-43)33-18-20-35-34-9-3-5-11-40(34)48-41(35)26-33/h1-26H. The number of furan rings is 1. The molecule has 0 amide bonds. The van der Waals surface area contributed by atoms with Crippen molar-refractivity contribution in [2.45, 2.75) is 0 Å². The van der Waals surface area contributed by atoms with Crippen molar-refractivity contribution in [2.75, 3.05) is 4.90 Å². The summed E-state index contributed by atoms with van der Waals surface area (Å²) in [5.41, 5.74) is 7.41. The Morgan fingerprint density at radius 2 is 1.12 bits per heavy atom. The van der Waals surface area contributed by atoms with E-state index < -0.39 is 0 Å². The first-order valence-electron chi connectivity index (χ1n) is 16.7. The zero-order valence-corrected chi connectivity index (χ0v) is 27.4. The highest BCUT2D eigenvalue weighted by Crippen LogP contribution is 2.43. The fraction of sp³-hybridized carbons (Fsp3) is 0. The molecule has 3 aromatic heterocycles. The Hall–Kier alpha value is -6.43. The summed E-state index contributed by atoms with van der Waals surface area (Å²) in [6, 6.07) is 55.6. The summed E-state index contributed by atoms with van der Waals surface area (Å²) in [7, 11) is 0. The maximum atomic E-state index is 6.61. The van der Waals surface area contributed by atoms with Crippen LogP contribution < -0.4 is 4.90 Å². The lowest BCUT2D eigenvalue weighted by Gasteiger charge is -2.26. The van der Waals surface area contributed by atoms with Crippen molar-refractivity contribution in [3.8, 4) is 11.5 Å². The van der Waals surface area contributed by atoms with Crippen molar-refractivity contribution in [1.29, 1.82) is 0 Å². The van der Waals surface area contributed by atoms with Gasteiger partial charge in [-0.1, -0.05) is 78.9 Å². The van der Waals surface area contributed by atoms with Crippen molar-refractivity contribution < 1.29 is 8.83 Å². The molecule has 0 aliphatic rings. The van der Waals surface area contributed by atoms with Crippen LogP contribution in [0, 0.1) is 0 Å². The van der Waals surface area contributed by atoms with Gasteiger partial charge in [0.2, 0.25) is 5.89 Å². The summed E-state index contributed by atoms with van der Waals surface area (Å²) in [4.78, 5) is 7.27. The maximum absolute atomic E-state index is 6.61. The molecule has 0 spiro atoms. The van der Waals surface area contributed by atoms with Gasteiger partial charge < -0.3 is 13.7 Å². The molecular weight excluding hydrogens is 633 g/mol. The summed E-state index contributed by atoms with van der Waals surface area (Å²) in [6.07, 6.45) is 0. The second-order valence-electron chi connectivity index (χ2n) is 12.8. The Balaban J connectivity index is 1.12. The molecule has 0 bridgehead atoms. The van der Waals surface area contributed by atoms with Crippen LogP contribution in [0.5, 0.6) is 0 Å². The molecule has 0 aliphatic heterocycles. The third kappa shape index (κ3) is 4.20. The van der Waals surface area contributed by atoms with Gasteiger partial charge in [-0.25, -0.2) is 4.98 Å². The third-order valence-electron chi connectivity index (χ3n) is 9.85. The molecule has 8 aromatic carbocycles. The average Bonchev–Trinajstić information content (AvgIpc) is 3.88. The van der Waals surface area contributed by atoms with Crippen LogP contribution in [0.25, 0.3) is 86.2 Å². The predicted octanol–water partition coefficient (Wildman–Crippen LogP) is 13.5. The summed E-state index contributed by atoms with van der Waals surface area (Å²) < 4.78 is 15.5. The quantitative estimate of drug-likeness (QED) is 0.189. The molecule has 234 valence electrons. The van der Waals surface area contributed by atoms with Crippen LogP contribution in [0.1, 0.15) is 0 Å². The molecule has 0 aliphatic carbocycles. The molecule has 0 unspecified atom stereocenters. The second kappa shape index (κ2) is 10.5. The van der Waals surface area contributed by atoms with Crippen molar-refractivity contribution in [3.05, 3.63) is 158 Å². The van der Waals surface area contributed by atoms with Gasteiger partial charge in [-0.3, -0.25) is 0 Å². The van der Waals surface area contributed by atoms with Gasteiger partial charge in [0.25, 0.3) is 0 Å². The number of anilines is 3. The SMILES string of the molecule is c1ccc2cc(-c3nc4ccc5ccc(N(c6ccc7c(c6)oc6ccccc67)c6ccc7sc8ccccc8c7c6)cc5c4o3)ccc2c1. The second-order valence-corrected chi connectivity index (χ2v) is 13.9. The fourth-order valence-electron chi connectivity index (χ4n) is 7.43. The van der Waals surface area contributed by atoms with Crippen LogP contribution in [-0.4, -0.2) is 4.98 Å².